The van der Waals surface area contributed by atoms with E-state index in [2.05, 4.69) is 20.1 Å². The Balaban J connectivity index is 1.84. The van der Waals surface area contributed by atoms with E-state index < -0.39 is 0 Å². The zero-order valence-corrected chi connectivity index (χ0v) is 8.59. The first-order valence-corrected chi connectivity index (χ1v) is 5.18. The van der Waals surface area contributed by atoms with Crippen LogP contribution in [-0.4, -0.2) is 40.9 Å². The topological polar surface area (TPSA) is 23.6 Å². The number of piperazine rings is 1. The van der Waals surface area contributed by atoms with Crippen LogP contribution in [0.25, 0.3) is 0 Å². The minimum atomic E-state index is 0.381. The lowest BCUT2D eigenvalue weighted by atomic mass is 10.3. The highest BCUT2D eigenvalue weighted by molar-refractivity contribution is 9.07. The van der Waals surface area contributed by atoms with Gasteiger partial charge in [0, 0.05) is 48.2 Å². The van der Waals surface area contributed by atoms with Gasteiger partial charge in [0.25, 0.3) is 0 Å². The van der Waals surface area contributed by atoms with Crippen LogP contribution in [0.2, 0.25) is 0 Å². The summed E-state index contributed by atoms with van der Waals surface area (Å²) in [6, 6.07) is 0. The molecule has 2 fully saturated rings. The quantitative estimate of drug-likeness (QED) is 0.627. The lowest BCUT2D eigenvalue weighted by Crippen LogP contribution is -2.45. The Morgan fingerprint density at radius 3 is 2.25 bits per heavy atom. The van der Waals surface area contributed by atoms with Crippen LogP contribution < -0.4 is 0 Å². The summed E-state index contributed by atoms with van der Waals surface area (Å²) in [6.07, 6.45) is 2.24. The van der Waals surface area contributed by atoms with E-state index in [0.717, 1.165) is 39.0 Å². The van der Waals surface area contributed by atoms with Gasteiger partial charge in [-0.1, -0.05) is 0 Å². The van der Waals surface area contributed by atoms with Crippen LogP contribution in [0.3, 0.4) is 0 Å². The van der Waals surface area contributed by atoms with E-state index >= 15 is 0 Å². The van der Waals surface area contributed by atoms with E-state index in [-0.39, 0.29) is 0 Å². The fourth-order valence-corrected chi connectivity index (χ4v) is 1.81. The predicted molar refractivity (Wildman–Crippen MR) is 49.8 cm³/mol. The molecule has 4 heteroatoms. The first-order valence-electron chi connectivity index (χ1n) is 4.47. The van der Waals surface area contributed by atoms with Crippen molar-refractivity contribution in [2.45, 2.75) is 12.8 Å². The molecule has 0 spiro atoms. The van der Waals surface area contributed by atoms with Crippen LogP contribution in [0.15, 0.2) is 0 Å². The van der Waals surface area contributed by atoms with Crippen LogP contribution in [0.5, 0.6) is 0 Å². The molecule has 1 amide bonds. The average Bonchev–Trinajstić information content (AvgIpc) is 2.87. The van der Waals surface area contributed by atoms with Gasteiger partial charge >= 0.3 is 0 Å². The Kier molecular flexibility index (Phi) is 2.37. The van der Waals surface area contributed by atoms with Crippen molar-refractivity contribution in [3.63, 3.8) is 0 Å². The van der Waals surface area contributed by atoms with E-state index in [4.69, 9.17) is 0 Å². The molecule has 0 aromatic heterocycles. The number of hydrogen-bond donors (Lipinski definition) is 0. The zero-order valence-electron chi connectivity index (χ0n) is 7.00. The molecular weight excluding hydrogens is 220 g/mol. The SMILES string of the molecule is O=C(C1CC1)N1CCN(Br)CC1. The summed E-state index contributed by atoms with van der Waals surface area (Å²) in [5, 5.41) is 0. The van der Waals surface area contributed by atoms with Crippen molar-refractivity contribution in [1.82, 2.24) is 8.83 Å². The first kappa shape index (κ1) is 8.51. The Hall–Kier alpha value is -0.0900. The summed E-state index contributed by atoms with van der Waals surface area (Å²) in [4.78, 5) is 13.6. The molecular formula is C8H13BrN2O. The highest BCUT2D eigenvalue weighted by Crippen LogP contribution is 2.31. The summed E-state index contributed by atoms with van der Waals surface area (Å²) < 4.78 is 2.09. The largest absolute Gasteiger partial charge is 0.340 e. The van der Waals surface area contributed by atoms with Gasteiger partial charge in [-0.25, -0.2) is 3.93 Å². The molecule has 1 saturated heterocycles. The number of halogens is 1. The third-order valence-corrected chi connectivity index (χ3v) is 3.17. The standard InChI is InChI=1S/C8H13BrN2O/c9-11-5-3-10(4-6-11)8(12)7-1-2-7/h7H,1-6H2. The van der Waals surface area contributed by atoms with Crippen LogP contribution in [0, 0.1) is 5.92 Å². The van der Waals surface area contributed by atoms with E-state index in [1.165, 1.54) is 0 Å². The molecule has 1 saturated carbocycles. The van der Waals surface area contributed by atoms with Crippen molar-refractivity contribution in [1.29, 1.82) is 0 Å². The number of rotatable bonds is 1. The molecule has 3 nitrogen and oxygen atoms in total. The number of carbonyl (C=O) groups is 1. The molecule has 2 aliphatic rings. The second-order valence-corrected chi connectivity index (χ2v) is 4.51. The Morgan fingerprint density at radius 1 is 1.17 bits per heavy atom. The van der Waals surface area contributed by atoms with Crippen molar-refractivity contribution < 1.29 is 4.79 Å². The number of carbonyl (C=O) groups excluding carboxylic acids is 1. The summed E-state index contributed by atoms with van der Waals surface area (Å²) in [7, 11) is 0. The van der Waals surface area contributed by atoms with Gasteiger partial charge in [-0.2, -0.15) is 0 Å². The van der Waals surface area contributed by atoms with E-state index in [1.54, 1.807) is 0 Å². The molecule has 0 atom stereocenters. The fraction of sp³-hybridized carbons (Fsp3) is 0.875. The molecule has 0 bridgehead atoms. The normalized spacial score (nSPS) is 25.9. The molecule has 68 valence electrons. The maximum absolute atomic E-state index is 11.6. The third kappa shape index (κ3) is 1.80. The lowest BCUT2D eigenvalue weighted by molar-refractivity contribution is -0.133. The Bertz CT molecular complexity index is 185. The van der Waals surface area contributed by atoms with Gasteiger partial charge in [-0.15, -0.1) is 0 Å². The van der Waals surface area contributed by atoms with Gasteiger partial charge in [0.15, 0.2) is 0 Å². The Labute approximate surface area is 81.0 Å². The van der Waals surface area contributed by atoms with Crippen molar-refractivity contribution in [3.8, 4) is 0 Å². The summed E-state index contributed by atoms with van der Waals surface area (Å²) in [5.41, 5.74) is 0. The molecule has 1 heterocycles. The van der Waals surface area contributed by atoms with Gasteiger partial charge in [-0.05, 0) is 12.8 Å². The second kappa shape index (κ2) is 3.34. The third-order valence-electron chi connectivity index (χ3n) is 2.46. The maximum atomic E-state index is 11.6. The van der Waals surface area contributed by atoms with Gasteiger partial charge in [0.05, 0.1) is 0 Å². The van der Waals surface area contributed by atoms with E-state index in [9.17, 15) is 4.79 Å². The smallest absolute Gasteiger partial charge is 0.225 e. The minimum absolute atomic E-state index is 0.381. The van der Waals surface area contributed by atoms with Crippen LogP contribution in [0.1, 0.15) is 12.8 Å². The lowest BCUT2D eigenvalue weighted by Gasteiger charge is -2.31. The molecule has 0 radical (unpaired) electrons. The molecule has 1 aliphatic carbocycles. The first-order chi connectivity index (χ1) is 5.77. The maximum Gasteiger partial charge on any atom is 0.225 e. The van der Waals surface area contributed by atoms with Gasteiger partial charge in [-0.3, -0.25) is 4.79 Å². The fourth-order valence-electron chi connectivity index (χ4n) is 1.49. The molecule has 12 heavy (non-hydrogen) atoms. The van der Waals surface area contributed by atoms with Crippen LogP contribution >= 0.6 is 16.1 Å². The van der Waals surface area contributed by atoms with E-state index in [0.29, 0.717) is 11.8 Å². The predicted octanol–water partition coefficient (Wildman–Crippen LogP) is 0.850. The summed E-state index contributed by atoms with van der Waals surface area (Å²) in [5.74, 6) is 0.766. The molecule has 0 aromatic rings. The molecule has 0 aromatic carbocycles. The Morgan fingerprint density at radius 2 is 1.75 bits per heavy atom. The molecule has 1 aliphatic heterocycles. The molecule has 0 N–H and O–H groups in total. The van der Waals surface area contributed by atoms with Crippen molar-refractivity contribution in [3.05, 3.63) is 0 Å². The molecule has 0 unspecified atom stereocenters. The van der Waals surface area contributed by atoms with Crippen molar-refractivity contribution >= 4 is 22.1 Å². The van der Waals surface area contributed by atoms with E-state index in [1.807, 2.05) is 4.90 Å². The number of hydrogen-bond acceptors (Lipinski definition) is 2. The van der Waals surface area contributed by atoms with Gasteiger partial charge < -0.3 is 4.90 Å². The number of nitrogens with zero attached hydrogens (tertiary/aromatic N) is 2. The highest BCUT2D eigenvalue weighted by atomic mass is 79.9. The van der Waals surface area contributed by atoms with Crippen molar-refractivity contribution in [2.75, 3.05) is 26.2 Å². The van der Waals surface area contributed by atoms with Gasteiger partial charge in [0.2, 0.25) is 5.91 Å². The highest BCUT2D eigenvalue weighted by Gasteiger charge is 2.34. The minimum Gasteiger partial charge on any atom is -0.340 e. The molecule has 2 rings (SSSR count). The average molecular weight is 233 g/mol. The second-order valence-electron chi connectivity index (χ2n) is 3.51. The van der Waals surface area contributed by atoms with Crippen LogP contribution in [-0.2, 0) is 4.79 Å². The number of amides is 1. The zero-order chi connectivity index (χ0) is 8.55. The summed E-state index contributed by atoms with van der Waals surface area (Å²) >= 11 is 3.41. The summed E-state index contributed by atoms with van der Waals surface area (Å²) in [6.45, 7) is 3.69. The van der Waals surface area contributed by atoms with Crippen LogP contribution in [0.4, 0.5) is 0 Å². The van der Waals surface area contributed by atoms with Crippen molar-refractivity contribution in [2.24, 2.45) is 5.92 Å². The van der Waals surface area contributed by atoms with Gasteiger partial charge in [0.1, 0.15) is 0 Å². The monoisotopic (exact) mass is 232 g/mol.